The van der Waals surface area contributed by atoms with Gasteiger partial charge in [-0.2, -0.15) is 0 Å². The highest BCUT2D eigenvalue weighted by Gasteiger charge is 2.24. The van der Waals surface area contributed by atoms with Crippen LogP contribution in [0.3, 0.4) is 0 Å². The molecule has 0 radical (unpaired) electrons. The Hall–Kier alpha value is -0.570. The average molecular weight is 170 g/mol. The molecule has 1 amide bonds. The molecule has 1 rings (SSSR count). The van der Waals surface area contributed by atoms with Crippen LogP contribution in [0, 0.1) is 5.92 Å². The molecule has 0 aromatic heterocycles. The molecule has 12 heavy (non-hydrogen) atoms. The minimum absolute atomic E-state index is 0.196. The molecule has 0 bridgehead atoms. The molecular formula is C9H18N2O. The molecule has 0 spiro atoms. The Bertz CT molecular complexity index is 166. The summed E-state index contributed by atoms with van der Waals surface area (Å²) >= 11 is 0. The number of nitrogens with two attached hydrogens (primary N) is 1. The van der Waals surface area contributed by atoms with Crippen molar-refractivity contribution in [3.8, 4) is 0 Å². The minimum atomic E-state index is -0.266. The van der Waals surface area contributed by atoms with Crippen molar-refractivity contribution in [1.29, 1.82) is 0 Å². The molecule has 0 saturated heterocycles. The van der Waals surface area contributed by atoms with E-state index in [1.54, 1.807) is 0 Å². The Labute approximate surface area is 73.7 Å². The van der Waals surface area contributed by atoms with E-state index in [2.05, 4.69) is 12.2 Å². The van der Waals surface area contributed by atoms with Crippen molar-refractivity contribution >= 4 is 5.91 Å². The van der Waals surface area contributed by atoms with Crippen LogP contribution in [0.1, 0.15) is 33.1 Å². The molecule has 3 heteroatoms. The van der Waals surface area contributed by atoms with Crippen molar-refractivity contribution in [2.75, 3.05) is 0 Å². The molecule has 2 unspecified atom stereocenters. The van der Waals surface area contributed by atoms with Crippen molar-refractivity contribution in [3.05, 3.63) is 0 Å². The van der Waals surface area contributed by atoms with E-state index in [1.807, 2.05) is 6.92 Å². The van der Waals surface area contributed by atoms with E-state index in [0.717, 1.165) is 5.92 Å². The van der Waals surface area contributed by atoms with Crippen molar-refractivity contribution < 1.29 is 4.79 Å². The van der Waals surface area contributed by atoms with Gasteiger partial charge in [0.1, 0.15) is 0 Å². The van der Waals surface area contributed by atoms with Crippen LogP contribution in [0.4, 0.5) is 0 Å². The molecule has 1 aliphatic rings. The lowest BCUT2D eigenvalue weighted by Gasteiger charge is -2.16. The zero-order chi connectivity index (χ0) is 9.14. The van der Waals surface area contributed by atoms with Gasteiger partial charge in [-0.1, -0.05) is 12.8 Å². The van der Waals surface area contributed by atoms with E-state index in [9.17, 15) is 4.79 Å². The Morgan fingerprint density at radius 1 is 1.58 bits per heavy atom. The van der Waals surface area contributed by atoms with Crippen molar-refractivity contribution in [3.63, 3.8) is 0 Å². The third-order valence-electron chi connectivity index (χ3n) is 2.35. The second kappa shape index (κ2) is 3.90. The van der Waals surface area contributed by atoms with E-state index >= 15 is 0 Å². The molecule has 70 valence electrons. The van der Waals surface area contributed by atoms with Gasteiger partial charge in [0.2, 0.25) is 5.91 Å². The summed E-state index contributed by atoms with van der Waals surface area (Å²) in [7, 11) is 0. The lowest BCUT2D eigenvalue weighted by Crippen LogP contribution is -2.43. The van der Waals surface area contributed by atoms with Gasteiger partial charge in [0.25, 0.3) is 0 Å². The van der Waals surface area contributed by atoms with Crippen LogP contribution in [0.15, 0.2) is 0 Å². The summed E-state index contributed by atoms with van der Waals surface area (Å²) in [6.45, 7) is 3.92. The molecule has 0 aromatic rings. The topological polar surface area (TPSA) is 55.1 Å². The Morgan fingerprint density at radius 3 is 2.58 bits per heavy atom. The van der Waals surface area contributed by atoms with Gasteiger partial charge < -0.3 is 11.1 Å². The summed E-state index contributed by atoms with van der Waals surface area (Å²) < 4.78 is 0. The maximum Gasteiger partial charge on any atom is 0.234 e. The zero-order valence-electron chi connectivity index (χ0n) is 7.84. The number of nitrogens with one attached hydrogen (secondary N) is 1. The standard InChI is InChI=1S/C9H18N2O/c1-6(5-8-3-4-8)11-7(2)9(10)12/h6-8,11H,3-5H2,1-2H3,(H2,10,12). The first-order chi connectivity index (χ1) is 5.59. The van der Waals surface area contributed by atoms with E-state index in [0.29, 0.717) is 6.04 Å². The SMILES string of the molecule is CC(CC1CC1)NC(C)C(N)=O. The lowest BCUT2D eigenvalue weighted by atomic mass is 10.1. The number of carbonyl (C=O) groups excluding carboxylic acids is 1. The molecular weight excluding hydrogens is 152 g/mol. The quantitative estimate of drug-likeness (QED) is 0.636. The van der Waals surface area contributed by atoms with E-state index in [-0.39, 0.29) is 11.9 Å². The molecule has 2 atom stereocenters. The average Bonchev–Trinajstić information content (AvgIpc) is 2.71. The molecule has 1 saturated carbocycles. The minimum Gasteiger partial charge on any atom is -0.368 e. The van der Waals surface area contributed by atoms with Crippen LogP contribution in [0.5, 0.6) is 0 Å². The van der Waals surface area contributed by atoms with Crippen LogP contribution in [0.25, 0.3) is 0 Å². The molecule has 1 fully saturated rings. The van der Waals surface area contributed by atoms with Crippen LogP contribution in [0.2, 0.25) is 0 Å². The Morgan fingerprint density at radius 2 is 2.17 bits per heavy atom. The van der Waals surface area contributed by atoms with E-state index in [1.165, 1.54) is 19.3 Å². The van der Waals surface area contributed by atoms with Gasteiger partial charge in [0.05, 0.1) is 6.04 Å². The maximum atomic E-state index is 10.7. The lowest BCUT2D eigenvalue weighted by molar-refractivity contribution is -0.119. The molecule has 0 heterocycles. The van der Waals surface area contributed by atoms with Gasteiger partial charge in [0, 0.05) is 6.04 Å². The second-order valence-electron chi connectivity index (χ2n) is 3.87. The summed E-state index contributed by atoms with van der Waals surface area (Å²) in [5.41, 5.74) is 5.13. The summed E-state index contributed by atoms with van der Waals surface area (Å²) in [5.74, 6) is 0.630. The zero-order valence-corrected chi connectivity index (χ0v) is 7.84. The van der Waals surface area contributed by atoms with Crippen LogP contribution in [-0.4, -0.2) is 18.0 Å². The molecule has 0 aliphatic heterocycles. The van der Waals surface area contributed by atoms with Crippen molar-refractivity contribution in [2.45, 2.75) is 45.2 Å². The van der Waals surface area contributed by atoms with Crippen LogP contribution in [-0.2, 0) is 4.79 Å². The van der Waals surface area contributed by atoms with E-state index < -0.39 is 0 Å². The second-order valence-corrected chi connectivity index (χ2v) is 3.87. The first-order valence-corrected chi connectivity index (χ1v) is 4.65. The first kappa shape index (κ1) is 9.52. The highest BCUT2D eigenvalue weighted by molar-refractivity contribution is 5.79. The molecule has 3 N–H and O–H groups in total. The van der Waals surface area contributed by atoms with Crippen molar-refractivity contribution in [2.24, 2.45) is 11.7 Å². The van der Waals surface area contributed by atoms with Gasteiger partial charge in [-0.3, -0.25) is 4.79 Å². The van der Waals surface area contributed by atoms with Gasteiger partial charge >= 0.3 is 0 Å². The monoisotopic (exact) mass is 170 g/mol. The van der Waals surface area contributed by atoms with Crippen LogP contribution < -0.4 is 11.1 Å². The van der Waals surface area contributed by atoms with Crippen LogP contribution >= 0.6 is 0 Å². The normalized spacial score (nSPS) is 21.8. The number of carbonyl (C=O) groups is 1. The summed E-state index contributed by atoms with van der Waals surface area (Å²) in [5, 5.41) is 3.18. The van der Waals surface area contributed by atoms with Gasteiger partial charge in [-0.15, -0.1) is 0 Å². The number of hydrogen-bond acceptors (Lipinski definition) is 2. The number of rotatable bonds is 5. The highest BCUT2D eigenvalue weighted by atomic mass is 16.1. The number of amides is 1. The fourth-order valence-corrected chi connectivity index (χ4v) is 1.43. The fourth-order valence-electron chi connectivity index (χ4n) is 1.43. The molecule has 0 aromatic carbocycles. The van der Waals surface area contributed by atoms with Gasteiger partial charge in [-0.25, -0.2) is 0 Å². The predicted octanol–water partition coefficient (Wildman–Crippen LogP) is 0.638. The Balaban J connectivity index is 2.14. The third-order valence-corrected chi connectivity index (χ3v) is 2.35. The molecule has 1 aliphatic carbocycles. The summed E-state index contributed by atoms with van der Waals surface area (Å²) in [4.78, 5) is 10.7. The smallest absolute Gasteiger partial charge is 0.234 e. The number of hydrogen-bond donors (Lipinski definition) is 2. The maximum absolute atomic E-state index is 10.7. The Kier molecular flexibility index (Phi) is 3.09. The summed E-state index contributed by atoms with van der Waals surface area (Å²) in [6.07, 6.45) is 3.89. The summed E-state index contributed by atoms with van der Waals surface area (Å²) in [6, 6.07) is 0.221. The van der Waals surface area contributed by atoms with E-state index in [4.69, 9.17) is 5.73 Å². The number of primary amides is 1. The third kappa shape index (κ3) is 3.22. The molecule has 3 nitrogen and oxygen atoms in total. The fraction of sp³-hybridized carbons (Fsp3) is 0.889. The van der Waals surface area contributed by atoms with Crippen molar-refractivity contribution in [1.82, 2.24) is 5.32 Å². The largest absolute Gasteiger partial charge is 0.368 e. The van der Waals surface area contributed by atoms with Gasteiger partial charge in [-0.05, 0) is 26.2 Å². The predicted molar refractivity (Wildman–Crippen MR) is 48.6 cm³/mol. The first-order valence-electron chi connectivity index (χ1n) is 4.65. The highest BCUT2D eigenvalue weighted by Crippen LogP contribution is 2.33. The van der Waals surface area contributed by atoms with Gasteiger partial charge in [0.15, 0.2) is 0 Å².